The van der Waals surface area contributed by atoms with Gasteiger partial charge in [-0.05, 0) is 61.9 Å². The van der Waals surface area contributed by atoms with Gasteiger partial charge in [-0.3, -0.25) is 0 Å². The van der Waals surface area contributed by atoms with Crippen molar-refractivity contribution in [2.45, 2.75) is 19.9 Å². The fraction of sp³-hybridized carbons (Fsp3) is 0.192. The van der Waals surface area contributed by atoms with Crippen molar-refractivity contribution >= 4 is 22.6 Å². The summed E-state index contributed by atoms with van der Waals surface area (Å²) in [5, 5.41) is 4.83. The van der Waals surface area contributed by atoms with Crippen molar-refractivity contribution < 1.29 is 14.3 Å². The van der Waals surface area contributed by atoms with Gasteiger partial charge < -0.3 is 19.8 Å². The number of fused-ring (bicyclic) bond motifs is 1. The molecular weight excluding hydrogens is 388 g/mol. The highest BCUT2D eigenvalue weighted by atomic mass is 16.5. The molecule has 0 fully saturated rings. The highest BCUT2D eigenvalue weighted by molar-refractivity contribution is 5.90. The number of hydrogen-bond donors (Lipinski definition) is 2. The van der Waals surface area contributed by atoms with Crippen molar-refractivity contribution in [3.63, 3.8) is 0 Å². The largest absolute Gasteiger partial charge is 0.497 e. The molecule has 0 saturated heterocycles. The Balaban J connectivity index is 1.74. The molecule has 1 heterocycles. The summed E-state index contributed by atoms with van der Waals surface area (Å²) in [6.07, 6.45) is 0. The van der Waals surface area contributed by atoms with Gasteiger partial charge in [0.05, 0.1) is 25.3 Å². The number of carbonyl (C=O) groups excluding carboxylic acids is 1. The van der Waals surface area contributed by atoms with E-state index in [-0.39, 0.29) is 12.0 Å². The number of para-hydroxylation sites is 1. The van der Waals surface area contributed by atoms with E-state index in [1.807, 2.05) is 30.3 Å². The number of esters is 1. The summed E-state index contributed by atoms with van der Waals surface area (Å²) in [6, 6.07) is 23.7. The molecule has 31 heavy (non-hydrogen) atoms. The lowest BCUT2D eigenvalue weighted by atomic mass is 9.95. The molecule has 0 aliphatic carbocycles. The third kappa shape index (κ3) is 4.26. The molecule has 0 bridgehead atoms. The lowest BCUT2D eigenvalue weighted by molar-refractivity contribution is 0.0526. The molecule has 0 spiro atoms. The van der Waals surface area contributed by atoms with E-state index in [1.54, 1.807) is 26.2 Å². The zero-order chi connectivity index (χ0) is 21.8. The van der Waals surface area contributed by atoms with E-state index in [2.05, 4.69) is 47.6 Å². The lowest BCUT2D eigenvalue weighted by Gasteiger charge is -2.22. The van der Waals surface area contributed by atoms with Gasteiger partial charge in [-0.25, -0.2) is 4.79 Å². The van der Waals surface area contributed by atoms with Gasteiger partial charge in [-0.1, -0.05) is 30.3 Å². The summed E-state index contributed by atoms with van der Waals surface area (Å²) < 4.78 is 10.4. The minimum absolute atomic E-state index is 0.0875. The van der Waals surface area contributed by atoms with E-state index in [1.165, 1.54) is 10.9 Å². The summed E-state index contributed by atoms with van der Waals surface area (Å²) in [5.41, 5.74) is 5.97. The zero-order valence-electron chi connectivity index (χ0n) is 17.9. The molecule has 1 aromatic heterocycles. The molecule has 0 amide bonds. The smallest absolute Gasteiger partial charge is 0.338 e. The Hall–Kier alpha value is -3.73. The fourth-order valence-electron chi connectivity index (χ4n) is 3.87. The number of H-pyrrole nitrogens is 1. The van der Waals surface area contributed by atoms with E-state index >= 15 is 0 Å². The van der Waals surface area contributed by atoms with Crippen molar-refractivity contribution in [1.29, 1.82) is 0 Å². The van der Waals surface area contributed by atoms with Gasteiger partial charge in [0, 0.05) is 27.8 Å². The fourth-order valence-corrected chi connectivity index (χ4v) is 3.87. The molecule has 3 aromatic carbocycles. The highest BCUT2D eigenvalue weighted by Gasteiger charge is 2.21. The van der Waals surface area contributed by atoms with Crippen LogP contribution in [0.1, 0.15) is 40.1 Å². The number of rotatable bonds is 7. The molecule has 5 nitrogen and oxygen atoms in total. The summed E-state index contributed by atoms with van der Waals surface area (Å²) in [4.78, 5) is 15.5. The van der Waals surface area contributed by atoms with Gasteiger partial charge in [0.25, 0.3) is 0 Å². The van der Waals surface area contributed by atoms with Gasteiger partial charge in [-0.15, -0.1) is 0 Å². The Morgan fingerprint density at radius 1 is 1.00 bits per heavy atom. The minimum Gasteiger partial charge on any atom is -0.497 e. The number of anilines is 1. The molecule has 4 aromatic rings. The average Bonchev–Trinajstić information content (AvgIpc) is 3.13. The predicted octanol–water partition coefficient (Wildman–Crippen LogP) is 5.86. The first-order valence-electron chi connectivity index (χ1n) is 10.4. The first-order chi connectivity index (χ1) is 15.1. The number of carbonyl (C=O) groups is 1. The van der Waals surface area contributed by atoms with Crippen LogP contribution in [0.4, 0.5) is 5.69 Å². The molecule has 0 radical (unpaired) electrons. The molecule has 0 aliphatic rings. The SMILES string of the molecule is CCOC(=O)c1ccc(NC(c2ccc(OC)cc2)c2c(C)[nH]c3ccccc23)cc1. The van der Waals surface area contributed by atoms with E-state index < -0.39 is 0 Å². The van der Waals surface area contributed by atoms with Crippen LogP contribution in [0.5, 0.6) is 5.75 Å². The average molecular weight is 415 g/mol. The number of ether oxygens (including phenoxy) is 2. The Labute approximate surface area is 182 Å². The lowest BCUT2D eigenvalue weighted by Crippen LogP contribution is -2.13. The Morgan fingerprint density at radius 2 is 1.71 bits per heavy atom. The van der Waals surface area contributed by atoms with Crippen LogP contribution in [-0.2, 0) is 4.74 Å². The summed E-state index contributed by atoms with van der Waals surface area (Å²) in [6.45, 7) is 4.26. The molecule has 5 heteroatoms. The van der Waals surface area contributed by atoms with Crippen LogP contribution in [-0.4, -0.2) is 24.7 Å². The molecule has 0 aliphatic heterocycles. The molecule has 158 valence electrons. The van der Waals surface area contributed by atoms with Gasteiger partial charge >= 0.3 is 5.97 Å². The normalized spacial score (nSPS) is 11.8. The Morgan fingerprint density at radius 3 is 2.39 bits per heavy atom. The number of methoxy groups -OCH3 is 1. The second kappa shape index (κ2) is 8.96. The van der Waals surface area contributed by atoms with Gasteiger partial charge in [0.1, 0.15) is 5.75 Å². The Bertz CT molecular complexity index is 1180. The standard InChI is InChI=1S/C26H26N2O3/c1-4-31-26(29)19-9-13-20(14-10-19)28-25(18-11-15-21(30-3)16-12-18)24-17(2)27-23-8-6-5-7-22(23)24/h5-16,25,27-28H,4H2,1-3H3. The number of aromatic nitrogens is 1. The summed E-state index contributed by atoms with van der Waals surface area (Å²) in [5.74, 6) is 0.505. The van der Waals surface area contributed by atoms with Crippen molar-refractivity contribution in [2.75, 3.05) is 19.0 Å². The third-order valence-electron chi connectivity index (χ3n) is 5.39. The van der Waals surface area contributed by atoms with Gasteiger partial charge in [0.15, 0.2) is 0 Å². The molecule has 1 atom stereocenters. The summed E-state index contributed by atoms with van der Waals surface area (Å²) >= 11 is 0. The zero-order valence-corrected chi connectivity index (χ0v) is 17.9. The van der Waals surface area contributed by atoms with Crippen LogP contribution in [0.2, 0.25) is 0 Å². The second-order valence-corrected chi connectivity index (χ2v) is 7.36. The maximum atomic E-state index is 12.0. The van der Waals surface area contributed by atoms with Crippen LogP contribution in [0, 0.1) is 6.92 Å². The molecule has 4 rings (SSSR count). The highest BCUT2D eigenvalue weighted by Crippen LogP contribution is 2.35. The van der Waals surface area contributed by atoms with Crippen molar-refractivity contribution in [2.24, 2.45) is 0 Å². The van der Waals surface area contributed by atoms with E-state index in [4.69, 9.17) is 9.47 Å². The van der Waals surface area contributed by atoms with Crippen LogP contribution >= 0.6 is 0 Å². The molecule has 1 unspecified atom stereocenters. The number of benzene rings is 3. The third-order valence-corrected chi connectivity index (χ3v) is 5.39. The van der Waals surface area contributed by atoms with E-state index in [0.29, 0.717) is 12.2 Å². The predicted molar refractivity (Wildman–Crippen MR) is 124 cm³/mol. The quantitative estimate of drug-likeness (QED) is 0.372. The number of hydrogen-bond acceptors (Lipinski definition) is 4. The van der Waals surface area contributed by atoms with E-state index in [0.717, 1.165) is 28.2 Å². The van der Waals surface area contributed by atoms with Crippen LogP contribution < -0.4 is 10.1 Å². The summed E-state index contributed by atoms with van der Waals surface area (Å²) in [7, 11) is 1.67. The first kappa shape index (κ1) is 20.5. The van der Waals surface area contributed by atoms with Crippen LogP contribution in [0.15, 0.2) is 72.8 Å². The number of nitrogens with one attached hydrogen (secondary N) is 2. The van der Waals surface area contributed by atoms with Gasteiger partial charge in [0.2, 0.25) is 0 Å². The maximum Gasteiger partial charge on any atom is 0.338 e. The van der Waals surface area contributed by atoms with Crippen LogP contribution in [0.25, 0.3) is 10.9 Å². The second-order valence-electron chi connectivity index (χ2n) is 7.36. The molecular formula is C26H26N2O3. The molecule has 2 N–H and O–H groups in total. The van der Waals surface area contributed by atoms with Crippen LogP contribution in [0.3, 0.4) is 0 Å². The monoisotopic (exact) mass is 414 g/mol. The number of aromatic amines is 1. The van der Waals surface area contributed by atoms with Crippen molar-refractivity contribution in [1.82, 2.24) is 4.98 Å². The van der Waals surface area contributed by atoms with Crippen molar-refractivity contribution in [3.8, 4) is 5.75 Å². The van der Waals surface area contributed by atoms with Gasteiger partial charge in [-0.2, -0.15) is 0 Å². The topological polar surface area (TPSA) is 63.4 Å². The minimum atomic E-state index is -0.312. The first-order valence-corrected chi connectivity index (χ1v) is 10.4. The number of aryl methyl sites for hydroxylation is 1. The Kier molecular flexibility index (Phi) is 5.94. The maximum absolute atomic E-state index is 12.0. The molecule has 0 saturated carbocycles. The van der Waals surface area contributed by atoms with Crippen molar-refractivity contribution in [3.05, 3.63) is 95.2 Å². The van der Waals surface area contributed by atoms with E-state index in [9.17, 15) is 4.79 Å².